The Morgan fingerprint density at radius 2 is 2.14 bits per heavy atom. The van der Waals surface area contributed by atoms with E-state index in [-0.39, 0.29) is 5.56 Å². The van der Waals surface area contributed by atoms with Gasteiger partial charge in [-0.2, -0.15) is 0 Å². The lowest BCUT2D eigenvalue weighted by molar-refractivity contribution is 0.697. The summed E-state index contributed by atoms with van der Waals surface area (Å²) >= 11 is 5.08. The fourth-order valence-corrected chi connectivity index (χ4v) is 2.55. The van der Waals surface area contributed by atoms with E-state index in [9.17, 15) is 4.79 Å². The van der Waals surface area contributed by atoms with Crippen molar-refractivity contribution >= 4 is 28.7 Å². The van der Waals surface area contributed by atoms with Crippen LogP contribution in [0.25, 0.3) is 0 Å². The molecule has 0 aliphatic heterocycles. The van der Waals surface area contributed by atoms with Crippen LogP contribution in [0, 0.1) is 0 Å². The van der Waals surface area contributed by atoms with Crippen molar-refractivity contribution in [3.63, 3.8) is 0 Å². The zero-order valence-electron chi connectivity index (χ0n) is 11.7. The first-order valence-corrected chi connectivity index (χ1v) is 7.20. The largest absolute Gasteiger partial charge is 0.389 e. The smallest absolute Gasteiger partial charge is 0.294 e. The lowest BCUT2D eigenvalue weighted by Crippen LogP contribution is -2.28. The fraction of sp³-hybridized carbons (Fsp3) is 0.267. The molecular formula is C15H16N4OS. The van der Waals surface area contributed by atoms with Crippen LogP contribution in [0.4, 0.5) is 11.5 Å². The first-order chi connectivity index (χ1) is 10.1. The number of para-hydroxylation sites is 1. The van der Waals surface area contributed by atoms with Gasteiger partial charge in [-0.25, -0.2) is 4.98 Å². The van der Waals surface area contributed by atoms with Gasteiger partial charge in [-0.05, 0) is 25.0 Å². The van der Waals surface area contributed by atoms with E-state index in [2.05, 4.69) is 4.98 Å². The number of anilines is 2. The minimum atomic E-state index is -0.0831. The van der Waals surface area contributed by atoms with Crippen molar-refractivity contribution in [2.45, 2.75) is 18.9 Å². The predicted molar refractivity (Wildman–Crippen MR) is 87.2 cm³/mol. The van der Waals surface area contributed by atoms with Crippen LogP contribution < -0.4 is 16.2 Å². The molecule has 1 heterocycles. The number of hydrogen-bond acceptors (Lipinski definition) is 4. The summed E-state index contributed by atoms with van der Waals surface area (Å²) < 4.78 is 1.75. The maximum absolute atomic E-state index is 12.5. The van der Waals surface area contributed by atoms with Crippen LogP contribution in [0.3, 0.4) is 0 Å². The van der Waals surface area contributed by atoms with Gasteiger partial charge in [0.1, 0.15) is 4.99 Å². The molecule has 2 N–H and O–H groups in total. The number of nitrogens with zero attached hydrogens (tertiary/aromatic N) is 3. The van der Waals surface area contributed by atoms with E-state index in [4.69, 9.17) is 18.0 Å². The second kappa shape index (κ2) is 5.29. The Balaban J connectivity index is 2.07. The van der Waals surface area contributed by atoms with Gasteiger partial charge in [0.15, 0.2) is 5.82 Å². The molecule has 5 nitrogen and oxygen atoms in total. The maximum Gasteiger partial charge on any atom is 0.294 e. The van der Waals surface area contributed by atoms with Gasteiger partial charge in [-0.3, -0.25) is 4.79 Å². The highest BCUT2D eigenvalue weighted by Gasteiger charge is 2.26. The molecule has 108 valence electrons. The minimum absolute atomic E-state index is 0.0831. The summed E-state index contributed by atoms with van der Waals surface area (Å²) in [6, 6.07) is 7.79. The molecule has 1 aliphatic rings. The average Bonchev–Trinajstić information content (AvgIpc) is 3.31. The van der Waals surface area contributed by atoms with E-state index in [1.54, 1.807) is 28.9 Å². The Kier molecular flexibility index (Phi) is 3.47. The number of thiocarbonyl (C=S) groups is 1. The Morgan fingerprint density at radius 3 is 2.81 bits per heavy atom. The molecule has 0 unspecified atom stereocenters. The zero-order valence-corrected chi connectivity index (χ0v) is 12.5. The number of aromatic nitrogens is 2. The van der Waals surface area contributed by atoms with Crippen molar-refractivity contribution in [1.29, 1.82) is 0 Å². The maximum atomic E-state index is 12.5. The standard InChI is InChI=1S/C15H16N4OS/c1-18(12-5-3-2-4-11(12)13(16)21)14-15(20)19(9-8-17-14)10-6-7-10/h2-5,8-10H,6-7H2,1H3,(H2,16,21). The molecule has 0 atom stereocenters. The molecule has 1 aromatic carbocycles. The van der Waals surface area contributed by atoms with Gasteiger partial charge in [-0.15, -0.1) is 0 Å². The average molecular weight is 300 g/mol. The van der Waals surface area contributed by atoms with E-state index >= 15 is 0 Å². The summed E-state index contributed by atoms with van der Waals surface area (Å²) in [5.41, 5.74) is 7.19. The van der Waals surface area contributed by atoms with Crippen molar-refractivity contribution in [3.8, 4) is 0 Å². The molecule has 21 heavy (non-hydrogen) atoms. The molecule has 6 heteroatoms. The fourth-order valence-electron chi connectivity index (χ4n) is 2.37. The first-order valence-electron chi connectivity index (χ1n) is 6.79. The summed E-state index contributed by atoms with van der Waals surface area (Å²) in [4.78, 5) is 18.8. The highest BCUT2D eigenvalue weighted by molar-refractivity contribution is 7.80. The van der Waals surface area contributed by atoms with Gasteiger partial charge < -0.3 is 15.2 Å². The van der Waals surface area contributed by atoms with E-state index < -0.39 is 0 Å². The quantitative estimate of drug-likeness (QED) is 0.875. The molecule has 0 bridgehead atoms. The summed E-state index contributed by atoms with van der Waals surface area (Å²) in [6.45, 7) is 0. The van der Waals surface area contributed by atoms with E-state index in [0.717, 1.165) is 24.1 Å². The topological polar surface area (TPSA) is 64.2 Å². The van der Waals surface area contributed by atoms with Crippen molar-refractivity contribution in [2.75, 3.05) is 11.9 Å². The van der Waals surface area contributed by atoms with E-state index in [1.807, 2.05) is 24.3 Å². The second-order valence-corrected chi connectivity index (χ2v) is 5.57. The van der Waals surface area contributed by atoms with Crippen LogP contribution in [0.2, 0.25) is 0 Å². The highest BCUT2D eigenvalue weighted by Crippen LogP contribution is 2.33. The lowest BCUT2D eigenvalue weighted by atomic mass is 10.1. The number of rotatable bonds is 4. The zero-order chi connectivity index (χ0) is 15.0. The molecule has 0 spiro atoms. The SMILES string of the molecule is CN(c1ccccc1C(N)=S)c1nccn(C2CC2)c1=O. The van der Waals surface area contributed by atoms with Gasteiger partial charge in [0, 0.05) is 31.0 Å². The van der Waals surface area contributed by atoms with Crippen molar-refractivity contribution in [2.24, 2.45) is 5.73 Å². The van der Waals surface area contributed by atoms with Crippen LogP contribution in [0.1, 0.15) is 24.4 Å². The summed E-state index contributed by atoms with van der Waals surface area (Å²) in [7, 11) is 1.80. The van der Waals surface area contributed by atoms with Gasteiger partial charge in [0.25, 0.3) is 5.56 Å². The van der Waals surface area contributed by atoms with Crippen LogP contribution in [-0.4, -0.2) is 21.6 Å². The highest BCUT2D eigenvalue weighted by atomic mass is 32.1. The Hall–Kier alpha value is -2.21. The minimum Gasteiger partial charge on any atom is -0.389 e. The monoisotopic (exact) mass is 300 g/mol. The van der Waals surface area contributed by atoms with Crippen LogP contribution >= 0.6 is 12.2 Å². The van der Waals surface area contributed by atoms with Gasteiger partial charge in [-0.1, -0.05) is 24.4 Å². The van der Waals surface area contributed by atoms with Gasteiger partial charge >= 0.3 is 0 Å². The summed E-state index contributed by atoms with van der Waals surface area (Å²) in [5, 5.41) is 0. The molecule has 1 saturated carbocycles. The molecule has 1 aromatic heterocycles. The molecule has 1 aliphatic carbocycles. The van der Waals surface area contributed by atoms with E-state index in [0.29, 0.717) is 16.8 Å². The predicted octanol–water partition coefficient (Wildman–Crippen LogP) is 1.98. The van der Waals surface area contributed by atoms with Crippen molar-refractivity contribution < 1.29 is 0 Å². The van der Waals surface area contributed by atoms with Crippen molar-refractivity contribution in [3.05, 3.63) is 52.6 Å². The molecule has 0 radical (unpaired) electrons. The first kappa shape index (κ1) is 13.8. The third-order valence-corrected chi connectivity index (χ3v) is 3.86. The number of hydrogen-bond donors (Lipinski definition) is 1. The molecule has 0 saturated heterocycles. The van der Waals surface area contributed by atoms with Crippen LogP contribution in [-0.2, 0) is 0 Å². The molecule has 3 rings (SSSR count). The molecule has 1 fully saturated rings. The Morgan fingerprint density at radius 1 is 1.43 bits per heavy atom. The number of benzene rings is 1. The van der Waals surface area contributed by atoms with E-state index in [1.165, 1.54) is 0 Å². The molecule has 2 aromatic rings. The van der Waals surface area contributed by atoms with Crippen molar-refractivity contribution in [1.82, 2.24) is 9.55 Å². The second-order valence-electron chi connectivity index (χ2n) is 5.13. The normalized spacial score (nSPS) is 14.0. The summed E-state index contributed by atoms with van der Waals surface area (Å²) in [6.07, 6.45) is 5.51. The van der Waals surface area contributed by atoms with Gasteiger partial charge in [0.05, 0.1) is 5.69 Å². The van der Waals surface area contributed by atoms with Crippen LogP contribution in [0.15, 0.2) is 41.5 Å². The Labute approximate surface area is 128 Å². The Bertz CT molecular complexity index is 751. The molecular weight excluding hydrogens is 284 g/mol. The third kappa shape index (κ3) is 2.54. The third-order valence-electron chi connectivity index (χ3n) is 3.64. The van der Waals surface area contributed by atoms with Crippen LogP contribution in [0.5, 0.6) is 0 Å². The van der Waals surface area contributed by atoms with Gasteiger partial charge in [0.2, 0.25) is 0 Å². The molecule has 0 amide bonds. The number of nitrogens with two attached hydrogens (primary N) is 1. The lowest BCUT2D eigenvalue weighted by Gasteiger charge is -2.21. The summed E-state index contributed by atoms with van der Waals surface area (Å²) in [5.74, 6) is 0.383.